The van der Waals surface area contributed by atoms with E-state index < -0.39 is 0 Å². The van der Waals surface area contributed by atoms with Crippen molar-refractivity contribution in [1.82, 2.24) is 4.98 Å². The molecule has 1 aromatic heterocycles. The highest BCUT2D eigenvalue weighted by atomic mass is 35.5. The van der Waals surface area contributed by atoms with E-state index in [1.165, 1.54) is 11.8 Å². The number of ether oxygens (including phenoxy) is 1. The summed E-state index contributed by atoms with van der Waals surface area (Å²) in [6.07, 6.45) is 0. The predicted octanol–water partition coefficient (Wildman–Crippen LogP) is 7.33. The van der Waals surface area contributed by atoms with Crippen molar-refractivity contribution in [2.24, 2.45) is 0 Å². The van der Waals surface area contributed by atoms with Crippen LogP contribution >= 0.6 is 35.0 Å². The molecule has 0 unspecified atom stereocenters. The van der Waals surface area contributed by atoms with E-state index in [-0.39, 0.29) is 11.7 Å². The predicted molar refractivity (Wildman–Crippen MR) is 142 cm³/mol. The molecule has 4 rings (SSSR count). The Morgan fingerprint density at radius 2 is 1.74 bits per heavy atom. The minimum absolute atomic E-state index is 0.0474. The molecule has 0 aliphatic carbocycles. The summed E-state index contributed by atoms with van der Waals surface area (Å²) in [6, 6.07) is 25.8. The molecule has 3 aromatic carbocycles. The minimum atomic E-state index is -0.249. The molecule has 174 valence electrons. The Morgan fingerprint density at radius 3 is 2.46 bits per heavy atom. The minimum Gasteiger partial charge on any atom is -0.495 e. The molecule has 0 radical (unpaired) electrons. The number of benzene rings is 3. The Morgan fingerprint density at radius 1 is 1.03 bits per heavy atom. The number of para-hydroxylation sites is 2. The largest absolute Gasteiger partial charge is 0.495 e. The van der Waals surface area contributed by atoms with Crippen LogP contribution in [0.25, 0.3) is 22.4 Å². The van der Waals surface area contributed by atoms with E-state index in [1.54, 1.807) is 37.4 Å². The third-order valence-electron chi connectivity index (χ3n) is 5.12. The van der Waals surface area contributed by atoms with E-state index in [2.05, 4.69) is 11.4 Å². The van der Waals surface area contributed by atoms with Gasteiger partial charge in [0.1, 0.15) is 16.8 Å². The average molecular weight is 520 g/mol. The number of anilines is 1. The summed E-state index contributed by atoms with van der Waals surface area (Å²) in [5.41, 5.74) is 3.75. The van der Waals surface area contributed by atoms with Gasteiger partial charge in [0, 0.05) is 26.7 Å². The monoisotopic (exact) mass is 519 g/mol. The molecular weight excluding hydrogens is 501 g/mol. The number of hydrogen-bond acceptors (Lipinski definition) is 5. The first kappa shape index (κ1) is 24.6. The summed E-state index contributed by atoms with van der Waals surface area (Å²) in [5.74, 6) is 0.361. The summed E-state index contributed by atoms with van der Waals surface area (Å²) < 4.78 is 5.30. The molecule has 1 N–H and O–H groups in total. The average Bonchev–Trinajstić information content (AvgIpc) is 2.88. The third-order valence-corrected chi connectivity index (χ3v) is 6.68. The van der Waals surface area contributed by atoms with Gasteiger partial charge in [-0.05, 0) is 36.4 Å². The fourth-order valence-electron chi connectivity index (χ4n) is 3.46. The van der Waals surface area contributed by atoms with Crippen LogP contribution in [-0.2, 0) is 4.79 Å². The summed E-state index contributed by atoms with van der Waals surface area (Å²) in [5, 5.41) is 14.4. The molecule has 0 fully saturated rings. The van der Waals surface area contributed by atoms with Gasteiger partial charge in [-0.2, -0.15) is 5.26 Å². The lowest BCUT2D eigenvalue weighted by Crippen LogP contribution is -2.15. The van der Waals surface area contributed by atoms with Crippen LogP contribution in [0.4, 0.5) is 5.69 Å². The van der Waals surface area contributed by atoms with Crippen LogP contribution in [0.15, 0.2) is 83.9 Å². The number of halogens is 2. The molecule has 0 aliphatic heterocycles. The van der Waals surface area contributed by atoms with Crippen LogP contribution in [0.2, 0.25) is 10.0 Å². The number of thioether (sulfide) groups is 1. The number of carbonyl (C=O) groups excluding carboxylic acids is 1. The summed E-state index contributed by atoms with van der Waals surface area (Å²) in [4.78, 5) is 17.4. The number of nitrogens with one attached hydrogen (secondary N) is 1. The van der Waals surface area contributed by atoms with Gasteiger partial charge in [0.05, 0.1) is 29.8 Å². The zero-order valence-electron chi connectivity index (χ0n) is 18.6. The van der Waals surface area contributed by atoms with Crippen molar-refractivity contribution in [2.75, 3.05) is 18.2 Å². The number of carbonyl (C=O) groups is 1. The summed E-state index contributed by atoms with van der Waals surface area (Å²) in [7, 11) is 1.54. The van der Waals surface area contributed by atoms with E-state index in [9.17, 15) is 10.1 Å². The number of hydrogen-bond donors (Lipinski definition) is 1. The Kier molecular flexibility index (Phi) is 7.94. The molecule has 4 aromatic rings. The molecule has 0 atom stereocenters. The maximum Gasteiger partial charge on any atom is 0.234 e. The van der Waals surface area contributed by atoms with Gasteiger partial charge in [0.2, 0.25) is 5.91 Å². The van der Waals surface area contributed by atoms with Gasteiger partial charge in [-0.15, -0.1) is 0 Å². The second-order valence-corrected chi connectivity index (χ2v) is 9.18. The van der Waals surface area contributed by atoms with Crippen LogP contribution in [0, 0.1) is 11.3 Å². The summed E-state index contributed by atoms with van der Waals surface area (Å²) >= 11 is 13.7. The smallest absolute Gasteiger partial charge is 0.234 e. The Balaban J connectivity index is 1.71. The first-order chi connectivity index (χ1) is 17.0. The Bertz CT molecular complexity index is 1420. The molecule has 0 aliphatic rings. The molecule has 0 saturated carbocycles. The van der Waals surface area contributed by atoms with Gasteiger partial charge in [0.25, 0.3) is 0 Å². The van der Waals surface area contributed by atoms with Crippen LogP contribution < -0.4 is 10.1 Å². The molecule has 0 spiro atoms. The standard InChI is InChI=1S/C27H19Cl2N3O2S/c1-34-25-9-5-4-8-23(25)31-26(33)16-35-27-21(15-30)20(19-6-2-3-7-22(19)29)14-24(32-27)17-10-12-18(28)13-11-17/h2-14H,16H2,1H3,(H,31,33). The molecule has 5 nitrogen and oxygen atoms in total. The fraction of sp³-hybridized carbons (Fsp3) is 0.0741. The summed E-state index contributed by atoms with van der Waals surface area (Å²) in [6.45, 7) is 0. The van der Waals surface area contributed by atoms with Gasteiger partial charge in [-0.25, -0.2) is 4.98 Å². The van der Waals surface area contributed by atoms with Gasteiger partial charge in [0.15, 0.2) is 0 Å². The maximum atomic E-state index is 12.7. The molecule has 0 bridgehead atoms. The number of rotatable bonds is 7. The van der Waals surface area contributed by atoms with Crippen molar-refractivity contribution >= 4 is 46.6 Å². The number of pyridine rings is 1. The van der Waals surface area contributed by atoms with E-state index >= 15 is 0 Å². The van der Waals surface area contributed by atoms with Crippen LogP contribution in [0.3, 0.4) is 0 Å². The Hall–Kier alpha value is -3.50. The van der Waals surface area contributed by atoms with E-state index in [4.69, 9.17) is 32.9 Å². The van der Waals surface area contributed by atoms with Crippen molar-refractivity contribution in [1.29, 1.82) is 5.26 Å². The lowest BCUT2D eigenvalue weighted by atomic mass is 9.99. The van der Waals surface area contributed by atoms with E-state index in [1.807, 2.05) is 48.5 Å². The number of aromatic nitrogens is 1. The zero-order chi connectivity index (χ0) is 24.8. The van der Waals surface area contributed by atoms with Crippen molar-refractivity contribution in [2.45, 2.75) is 5.03 Å². The zero-order valence-corrected chi connectivity index (χ0v) is 20.9. The molecular formula is C27H19Cl2N3O2S. The second kappa shape index (κ2) is 11.3. The first-order valence-electron chi connectivity index (χ1n) is 10.5. The maximum absolute atomic E-state index is 12.7. The highest BCUT2D eigenvalue weighted by molar-refractivity contribution is 8.00. The second-order valence-electron chi connectivity index (χ2n) is 7.37. The van der Waals surface area contributed by atoms with E-state index in [0.717, 1.165) is 5.56 Å². The van der Waals surface area contributed by atoms with Crippen LogP contribution in [0.1, 0.15) is 5.56 Å². The number of methoxy groups -OCH3 is 1. The van der Waals surface area contributed by atoms with Crippen LogP contribution in [-0.4, -0.2) is 23.8 Å². The van der Waals surface area contributed by atoms with Crippen molar-refractivity contribution in [3.63, 3.8) is 0 Å². The molecule has 1 heterocycles. The third kappa shape index (κ3) is 5.77. The number of nitriles is 1. The SMILES string of the molecule is COc1ccccc1NC(=O)CSc1nc(-c2ccc(Cl)cc2)cc(-c2ccccc2Cl)c1C#N. The van der Waals surface area contributed by atoms with Crippen molar-refractivity contribution in [3.8, 4) is 34.2 Å². The van der Waals surface area contributed by atoms with Crippen molar-refractivity contribution in [3.05, 3.63) is 94.5 Å². The van der Waals surface area contributed by atoms with Gasteiger partial charge in [-0.3, -0.25) is 4.79 Å². The molecule has 1 amide bonds. The highest BCUT2D eigenvalue weighted by Crippen LogP contribution is 2.37. The number of amides is 1. The lowest BCUT2D eigenvalue weighted by Gasteiger charge is -2.14. The first-order valence-corrected chi connectivity index (χ1v) is 12.3. The molecule has 35 heavy (non-hydrogen) atoms. The van der Waals surface area contributed by atoms with Crippen molar-refractivity contribution < 1.29 is 9.53 Å². The van der Waals surface area contributed by atoms with Gasteiger partial charge < -0.3 is 10.1 Å². The normalized spacial score (nSPS) is 10.5. The highest BCUT2D eigenvalue weighted by Gasteiger charge is 2.19. The van der Waals surface area contributed by atoms with Gasteiger partial charge >= 0.3 is 0 Å². The van der Waals surface area contributed by atoms with E-state index in [0.29, 0.717) is 48.9 Å². The molecule has 0 saturated heterocycles. The fourth-order valence-corrected chi connectivity index (χ4v) is 4.63. The topological polar surface area (TPSA) is 75.0 Å². The lowest BCUT2D eigenvalue weighted by molar-refractivity contribution is -0.113. The van der Waals surface area contributed by atoms with Gasteiger partial charge in [-0.1, -0.05) is 77.4 Å². The quantitative estimate of drug-likeness (QED) is 0.258. The molecule has 8 heteroatoms. The number of nitrogens with zero attached hydrogens (tertiary/aromatic N) is 2. The Labute approximate surface area is 217 Å². The van der Waals surface area contributed by atoms with Crippen LogP contribution in [0.5, 0.6) is 5.75 Å².